The smallest absolute Gasteiger partial charge is 0.462 e. The van der Waals surface area contributed by atoms with E-state index in [4.69, 9.17) is 14.2 Å². The van der Waals surface area contributed by atoms with Crippen molar-refractivity contribution >= 4 is 12.1 Å². The molecule has 0 aliphatic heterocycles. The van der Waals surface area contributed by atoms with Gasteiger partial charge < -0.3 is 19.1 Å². The van der Waals surface area contributed by atoms with Crippen LogP contribution in [0.25, 0.3) is 0 Å². The van der Waals surface area contributed by atoms with Gasteiger partial charge in [-0.3, -0.25) is 4.79 Å². The third-order valence-corrected chi connectivity index (χ3v) is 5.56. The average Bonchev–Trinajstić information content (AvgIpc) is 2.75. The van der Waals surface area contributed by atoms with Crippen molar-refractivity contribution in [2.75, 3.05) is 26.7 Å². The van der Waals surface area contributed by atoms with E-state index in [1.165, 1.54) is 51.4 Å². The Kier molecular flexibility index (Phi) is 20.7. The first kappa shape index (κ1) is 30.7. The Labute approximate surface area is 197 Å². The van der Waals surface area contributed by atoms with E-state index in [0.717, 1.165) is 38.8 Å². The SMILES string of the molecule is [CH2]C([CH2])OC(=O)CCC(CCCCCCCCCCCC)OC(=O)OCCCN(C)CC. The normalized spacial score (nSPS) is 12.2. The molecule has 0 aromatic carbocycles. The number of hydrogen-bond acceptors (Lipinski definition) is 6. The quantitative estimate of drug-likeness (QED) is 0.145. The van der Waals surface area contributed by atoms with Crippen LogP contribution in [-0.4, -0.2) is 56.0 Å². The standard InChI is InChI=1S/C26H49NO5/c1-6-8-9-10-11-12-13-14-15-16-18-24(19-20-25(28)31-23(3)4)32-26(29)30-22-17-21-27(5)7-2/h23-24H,3-4,6-22H2,1-2,5H3. The van der Waals surface area contributed by atoms with Crippen LogP contribution in [0.5, 0.6) is 0 Å². The molecule has 6 nitrogen and oxygen atoms in total. The molecule has 0 aromatic rings. The maximum Gasteiger partial charge on any atom is 0.508 e. The largest absolute Gasteiger partial charge is 0.508 e. The van der Waals surface area contributed by atoms with Crippen molar-refractivity contribution in [3.05, 3.63) is 13.8 Å². The molecule has 0 bridgehead atoms. The van der Waals surface area contributed by atoms with Gasteiger partial charge in [-0.25, -0.2) is 4.79 Å². The van der Waals surface area contributed by atoms with E-state index in [2.05, 4.69) is 32.6 Å². The molecule has 0 aliphatic rings. The van der Waals surface area contributed by atoms with Crippen molar-refractivity contribution in [2.45, 2.75) is 116 Å². The highest BCUT2D eigenvalue weighted by atomic mass is 16.7. The molecule has 0 amide bonds. The van der Waals surface area contributed by atoms with Crippen molar-refractivity contribution in [3.63, 3.8) is 0 Å². The van der Waals surface area contributed by atoms with Crippen LogP contribution in [-0.2, 0) is 19.0 Å². The predicted molar refractivity (Wildman–Crippen MR) is 130 cm³/mol. The average molecular weight is 456 g/mol. The summed E-state index contributed by atoms with van der Waals surface area (Å²) in [6, 6.07) is 0. The van der Waals surface area contributed by atoms with Crippen LogP contribution < -0.4 is 0 Å². The van der Waals surface area contributed by atoms with Gasteiger partial charge in [0, 0.05) is 13.0 Å². The fourth-order valence-corrected chi connectivity index (χ4v) is 3.46. The molecule has 0 aromatic heterocycles. The first-order valence-corrected chi connectivity index (χ1v) is 12.8. The molecule has 0 fully saturated rings. The fourth-order valence-electron chi connectivity index (χ4n) is 3.46. The molecule has 0 saturated carbocycles. The van der Waals surface area contributed by atoms with Gasteiger partial charge in [0.05, 0.1) is 6.61 Å². The summed E-state index contributed by atoms with van der Waals surface area (Å²) >= 11 is 0. The number of unbranched alkanes of at least 4 members (excludes halogenated alkanes) is 9. The molecule has 1 atom stereocenters. The highest BCUT2D eigenvalue weighted by Crippen LogP contribution is 2.16. The van der Waals surface area contributed by atoms with Crippen molar-refractivity contribution < 1.29 is 23.8 Å². The highest BCUT2D eigenvalue weighted by Gasteiger charge is 2.18. The molecule has 2 radical (unpaired) electrons. The van der Waals surface area contributed by atoms with Gasteiger partial charge >= 0.3 is 12.1 Å². The van der Waals surface area contributed by atoms with E-state index in [0.29, 0.717) is 13.0 Å². The molecule has 0 spiro atoms. The maximum atomic E-state index is 12.1. The number of carbonyl (C=O) groups excluding carboxylic acids is 2. The van der Waals surface area contributed by atoms with E-state index in [1.54, 1.807) is 0 Å². The van der Waals surface area contributed by atoms with Crippen LogP contribution >= 0.6 is 0 Å². The predicted octanol–water partition coefficient (Wildman–Crippen LogP) is 6.52. The Morgan fingerprint density at radius 1 is 0.812 bits per heavy atom. The summed E-state index contributed by atoms with van der Waals surface area (Å²) in [4.78, 5) is 26.0. The lowest BCUT2D eigenvalue weighted by Crippen LogP contribution is -2.23. The Balaban J connectivity index is 4.17. The summed E-state index contributed by atoms with van der Waals surface area (Å²) in [5.41, 5.74) is 0. The molecule has 6 heteroatoms. The number of carbonyl (C=O) groups is 2. The van der Waals surface area contributed by atoms with Crippen LogP contribution in [0.2, 0.25) is 0 Å². The van der Waals surface area contributed by atoms with Crippen molar-refractivity contribution in [1.29, 1.82) is 0 Å². The van der Waals surface area contributed by atoms with Gasteiger partial charge in [-0.1, -0.05) is 71.6 Å². The molecule has 0 heterocycles. The summed E-state index contributed by atoms with van der Waals surface area (Å²) in [6.07, 6.45) is 13.0. The van der Waals surface area contributed by atoms with Crippen LogP contribution in [0.4, 0.5) is 4.79 Å². The summed E-state index contributed by atoms with van der Waals surface area (Å²) in [7, 11) is 2.03. The Morgan fingerprint density at radius 3 is 1.97 bits per heavy atom. The lowest BCUT2D eigenvalue weighted by atomic mass is 10.0. The molecule has 0 saturated heterocycles. The number of hydrogen-bond donors (Lipinski definition) is 0. The minimum absolute atomic E-state index is 0.179. The van der Waals surface area contributed by atoms with Crippen molar-refractivity contribution in [1.82, 2.24) is 4.90 Å². The zero-order chi connectivity index (χ0) is 24.0. The summed E-state index contributed by atoms with van der Waals surface area (Å²) < 4.78 is 15.7. The second kappa shape index (κ2) is 21.5. The van der Waals surface area contributed by atoms with E-state index < -0.39 is 12.3 Å². The first-order chi connectivity index (χ1) is 15.4. The summed E-state index contributed by atoms with van der Waals surface area (Å²) in [6.45, 7) is 13.6. The number of esters is 1. The fraction of sp³-hybridized carbons (Fsp3) is 0.846. The van der Waals surface area contributed by atoms with Gasteiger partial charge in [0.2, 0.25) is 0 Å². The molecule has 0 N–H and O–H groups in total. The van der Waals surface area contributed by atoms with Gasteiger partial charge in [-0.2, -0.15) is 0 Å². The van der Waals surface area contributed by atoms with E-state index in [-0.39, 0.29) is 18.5 Å². The van der Waals surface area contributed by atoms with Gasteiger partial charge in [0.25, 0.3) is 0 Å². The van der Waals surface area contributed by atoms with Crippen LogP contribution in [0, 0.1) is 13.8 Å². The molecule has 32 heavy (non-hydrogen) atoms. The monoisotopic (exact) mass is 455 g/mol. The van der Waals surface area contributed by atoms with Crippen LogP contribution in [0.15, 0.2) is 0 Å². The molecular weight excluding hydrogens is 406 g/mol. The summed E-state index contributed by atoms with van der Waals surface area (Å²) in [5.74, 6) is -0.368. The van der Waals surface area contributed by atoms with Crippen molar-refractivity contribution in [2.24, 2.45) is 0 Å². The van der Waals surface area contributed by atoms with Gasteiger partial charge in [-0.05, 0) is 53.1 Å². The highest BCUT2D eigenvalue weighted by molar-refractivity contribution is 5.69. The van der Waals surface area contributed by atoms with Crippen LogP contribution in [0.1, 0.15) is 104 Å². The van der Waals surface area contributed by atoms with E-state index in [9.17, 15) is 9.59 Å². The zero-order valence-corrected chi connectivity index (χ0v) is 21.1. The lowest BCUT2D eigenvalue weighted by Gasteiger charge is -2.18. The van der Waals surface area contributed by atoms with Gasteiger partial charge in [0.15, 0.2) is 0 Å². The molecular formula is C26H49NO5. The third kappa shape index (κ3) is 20.6. The Hall–Kier alpha value is -1.30. The first-order valence-electron chi connectivity index (χ1n) is 12.8. The second-order valence-corrected chi connectivity index (χ2v) is 8.71. The van der Waals surface area contributed by atoms with Crippen molar-refractivity contribution in [3.8, 4) is 0 Å². The maximum absolute atomic E-state index is 12.1. The summed E-state index contributed by atoms with van der Waals surface area (Å²) in [5, 5.41) is 0. The molecule has 1 unspecified atom stereocenters. The van der Waals surface area contributed by atoms with E-state index >= 15 is 0 Å². The topological polar surface area (TPSA) is 65.1 Å². The minimum atomic E-state index is -0.651. The second-order valence-electron chi connectivity index (χ2n) is 8.71. The molecule has 0 aliphatic carbocycles. The number of ether oxygens (including phenoxy) is 3. The minimum Gasteiger partial charge on any atom is -0.462 e. The van der Waals surface area contributed by atoms with Gasteiger partial charge in [-0.15, -0.1) is 0 Å². The zero-order valence-electron chi connectivity index (χ0n) is 21.1. The number of nitrogens with zero attached hydrogens (tertiary/aromatic N) is 1. The van der Waals surface area contributed by atoms with Crippen LogP contribution in [0.3, 0.4) is 0 Å². The molecule has 188 valence electrons. The number of rotatable bonds is 21. The lowest BCUT2D eigenvalue weighted by molar-refractivity contribution is -0.146. The molecule has 0 rings (SSSR count). The Morgan fingerprint density at radius 2 is 1.41 bits per heavy atom. The third-order valence-electron chi connectivity index (χ3n) is 5.56. The van der Waals surface area contributed by atoms with E-state index in [1.807, 2.05) is 7.05 Å². The Bertz CT molecular complexity index is 455. The van der Waals surface area contributed by atoms with Gasteiger partial charge in [0.1, 0.15) is 12.2 Å².